The molecule has 0 saturated carbocycles. The Bertz CT molecular complexity index is 126. The molecule has 1 heterocycles. The van der Waals surface area contributed by atoms with E-state index in [4.69, 9.17) is 4.84 Å². The van der Waals surface area contributed by atoms with E-state index in [2.05, 4.69) is 24.2 Å². The van der Waals surface area contributed by atoms with Gasteiger partial charge in [-0.05, 0) is 25.4 Å². The van der Waals surface area contributed by atoms with Crippen LogP contribution in [-0.2, 0) is 4.84 Å². The van der Waals surface area contributed by atoms with E-state index in [9.17, 15) is 0 Å². The van der Waals surface area contributed by atoms with E-state index >= 15 is 0 Å². The highest BCUT2D eigenvalue weighted by Crippen LogP contribution is 2.17. The van der Waals surface area contributed by atoms with Crippen LogP contribution < -0.4 is 5.32 Å². The molecule has 72 valence electrons. The van der Waals surface area contributed by atoms with Gasteiger partial charge in [0.25, 0.3) is 0 Å². The molecule has 1 aliphatic heterocycles. The van der Waals surface area contributed by atoms with Crippen LogP contribution in [0.1, 0.15) is 20.3 Å². The van der Waals surface area contributed by atoms with Crippen molar-refractivity contribution >= 4 is 0 Å². The molecule has 3 heteroatoms. The molecule has 12 heavy (non-hydrogen) atoms. The van der Waals surface area contributed by atoms with Gasteiger partial charge in [-0.1, -0.05) is 13.8 Å². The average Bonchev–Trinajstić information content (AvgIpc) is 2.10. The summed E-state index contributed by atoms with van der Waals surface area (Å²) in [7, 11) is 1.76. The van der Waals surface area contributed by atoms with Gasteiger partial charge in [0.15, 0.2) is 0 Å². The van der Waals surface area contributed by atoms with E-state index in [1.54, 1.807) is 7.11 Å². The minimum atomic E-state index is 0.598. The number of hydrogen-bond donors (Lipinski definition) is 1. The number of hydrogen-bond acceptors (Lipinski definition) is 3. The standard InChI is InChI=1S/C9H20N2O/c1-4-11(12-3)9-5-6-10-7-8(9)2/h8-10H,4-7H2,1-3H3. The number of nitrogens with zero attached hydrogens (tertiary/aromatic N) is 1. The summed E-state index contributed by atoms with van der Waals surface area (Å²) in [6.45, 7) is 7.63. The molecular formula is C9H20N2O. The van der Waals surface area contributed by atoms with Crippen molar-refractivity contribution in [3.63, 3.8) is 0 Å². The Kier molecular flexibility index (Phi) is 3.98. The maximum Gasteiger partial charge on any atom is 0.0575 e. The van der Waals surface area contributed by atoms with Crippen LogP contribution in [0.15, 0.2) is 0 Å². The summed E-state index contributed by atoms with van der Waals surface area (Å²) < 4.78 is 0. The van der Waals surface area contributed by atoms with Crippen molar-refractivity contribution < 1.29 is 4.84 Å². The Labute approximate surface area is 75.0 Å². The second-order valence-electron chi connectivity index (χ2n) is 3.45. The lowest BCUT2D eigenvalue weighted by Gasteiger charge is -2.36. The van der Waals surface area contributed by atoms with Crippen LogP contribution in [0.25, 0.3) is 0 Å². The Morgan fingerprint density at radius 1 is 1.58 bits per heavy atom. The number of nitrogens with one attached hydrogen (secondary N) is 1. The minimum absolute atomic E-state index is 0.598. The lowest BCUT2D eigenvalue weighted by atomic mass is 9.95. The third-order valence-electron chi connectivity index (χ3n) is 2.66. The fourth-order valence-corrected chi connectivity index (χ4v) is 1.93. The normalized spacial score (nSPS) is 31.0. The van der Waals surface area contributed by atoms with Crippen molar-refractivity contribution in [3.8, 4) is 0 Å². The first-order valence-electron chi connectivity index (χ1n) is 4.81. The lowest BCUT2D eigenvalue weighted by Crippen LogP contribution is -2.48. The van der Waals surface area contributed by atoms with Crippen molar-refractivity contribution in [3.05, 3.63) is 0 Å². The van der Waals surface area contributed by atoms with E-state index < -0.39 is 0 Å². The maximum atomic E-state index is 5.31. The first-order valence-corrected chi connectivity index (χ1v) is 4.81. The molecule has 0 bridgehead atoms. The Morgan fingerprint density at radius 2 is 2.33 bits per heavy atom. The van der Waals surface area contributed by atoms with Crippen LogP contribution in [0.5, 0.6) is 0 Å². The van der Waals surface area contributed by atoms with Crippen LogP contribution in [0, 0.1) is 5.92 Å². The van der Waals surface area contributed by atoms with Crippen LogP contribution >= 0.6 is 0 Å². The van der Waals surface area contributed by atoms with Crippen molar-refractivity contribution in [1.29, 1.82) is 0 Å². The van der Waals surface area contributed by atoms with Gasteiger partial charge >= 0.3 is 0 Å². The maximum absolute atomic E-state index is 5.31. The van der Waals surface area contributed by atoms with Crippen molar-refractivity contribution in [2.45, 2.75) is 26.3 Å². The molecule has 0 aromatic carbocycles. The predicted molar refractivity (Wildman–Crippen MR) is 49.8 cm³/mol. The highest BCUT2D eigenvalue weighted by atomic mass is 16.7. The summed E-state index contributed by atoms with van der Waals surface area (Å²) in [6, 6.07) is 0.598. The average molecular weight is 172 g/mol. The Balaban J connectivity index is 2.45. The third kappa shape index (κ3) is 2.19. The van der Waals surface area contributed by atoms with Crippen molar-refractivity contribution in [2.24, 2.45) is 5.92 Å². The molecular weight excluding hydrogens is 152 g/mol. The molecule has 2 unspecified atom stereocenters. The minimum Gasteiger partial charge on any atom is -0.316 e. The molecule has 1 N–H and O–H groups in total. The fraction of sp³-hybridized carbons (Fsp3) is 1.00. The molecule has 0 spiro atoms. The van der Waals surface area contributed by atoms with Crippen LogP contribution in [0.3, 0.4) is 0 Å². The molecule has 1 fully saturated rings. The molecule has 3 nitrogen and oxygen atoms in total. The number of hydroxylamine groups is 2. The highest BCUT2D eigenvalue weighted by molar-refractivity contribution is 4.79. The molecule has 2 atom stereocenters. The topological polar surface area (TPSA) is 24.5 Å². The summed E-state index contributed by atoms with van der Waals surface area (Å²) in [5.74, 6) is 0.693. The van der Waals surface area contributed by atoms with E-state index in [1.165, 1.54) is 6.42 Å². The van der Waals surface area contributed by atoms with Gasteiger partial charge in [-0.2, -0.15) is 5.06 Å². The van der Waals surface area contributed by atoms with Gasteiger partial charge in [0.1, 0.15) is 0 Å². The quantitative estimate of drug-likeness (QED) is 0.639. The fourth-order valence-electron chi connectivity index (χ4n) is 1.93. The van der Waals surface area contributed by atoms with Gasteiger partial charge < -0.3 is 10.2 Å². The zero-order valence-corrected chi connectivity index (χ0v) is 8.34. The van der Waals surface area contributed by atoms with Gasteiger partial charge in [-0.25, -0.2) is 0 Å². The van der Waals surface area contributed by atoms with Crippen LogP contribution in [0.2, 0.25) is 0 Å². The van der Waals surface area contributed by atoms with E-state index in [0.29, 0.717) is 12.0 Å². The SMILES string of the molecule is CCN(OC)C1CCNCC1C. The van der Waals surface area contributed by atoms with Crippen molar-refractivity contribution in [2.75, 3.05) is 26.7 Å². The zero-order valence-electron chi connectivity index (χ0n) is 8.34. The first kappa shape index (κ1) is 9.96. The van der Waals surface area contributed by atoms with E-state index in [0.717, 1.165) is 19.6 Å². The summed E-state index contributed by atoms with van der Waals surface area (Å²) in [5, 5.41) is 5.47. The number of rotatable bonds is 3. The molecule has 0 radical (unpaired) electrons. The van der Waals surface area contributed by atoms with E-state index in [1.807, 2.05) is 0 Å². The molecule has 1 saturated heterocycles. The largest absolute Gasteiger partial charge is 0.316 e. The number of piperidine rings is 1. The highest BCUT2D eigenvalue weighted by Gasteiger charge is 2.25. The van der Waals surface area contributed by atoms with Crippen molar-refractivity contribution in [1.82, 2.24) is 10.4 Å². The summed E-state index contributed by atoms with van der Waals surface area (Å²) >= 11 is 0. The predicted octanol–water partition coefficient (Wildman–Crippen LogP) is 0.868. The zero-order chi connectivity index (χ0) is 8.97. The van der Waals surface area contributed by atoms with Gasteiger partial charge in [0.2, 0.25) is 0 Å². The monoisotopic (exact) mass is 172 g/mol. The van der Waals surface area contributed by atoms with E-state index in [-0.39, 0.29) is 0 Å². The second kappa shape index (κ2) is 4.80. The lowest BCUT2D eigenvalue weighted by molar-refractivity contribution is -0.173. The summed E-state index contributed by atoms with van der Waals surface area (Å²) in [4.78, 5) is 5.31. The second-order valence-corrected chi connectivity index (χ2v) is 3.45. The molecule has 0 aliphatic carbocycles. The van der Waals surface area contributed by atoms with Gasteiger partial charge in [-0.15, -0.1) is 0 Å². The van der Waals surface area contributed by atoms with Gasteiger partial charge in [0.05, 0.1) is 7.11 Å². The first-order chi connectivity index (χ1) is 5.79. The molecule has 1 rings (SSSR count). The molecule has 0 aromatic rings. The van der Waals surface area contributed by atoms with Gasteiger partial charge in [-0.3, -0.25) is 0 Å². The van der Waals surface area contributed by atoms with Crippen LogP contribution in [-0.4, -0.2) is 37.8 Å². The molecule has 0 aromatic heterocycles. The van der Waals surface area contributed by atoms with Gasteiger partial charge in [0, 0.05) is 12.6 Å². The smallest absolute Gasteiger partial charge is 0.0575 e. The third-order valence-corrected chi connectivity index (χ3v) is 2.66. The molecule has 0 amide bonds. The van der Waals surface area contributed by atoms with Crippen LogP contribution in [0.4, 0.5) is 0 Å². The Morgan fingerprint density at radius 3 is 2.83 bits per heavy atom. The summed E-state index contributed by atoms with van der Waals surface area (Å²) in [6.07, 6.45) is 1.20. The Hall–Kier alpha value is -0.120. The summed E-state index contributed by atoms with van der Waals surface area (Å²) in [5.41, 5.74) is 0. The molecule has 1 aliphatic rings.